The number of carbonyl (C=O) groups excluding carboxylic acids is 1. The molecule has 1 aromatic rings. The van der Waals surface area contributed by atoms with Crippen LogP contribution >= 0.6 is 11.6 Å². The lowest BCUT2D eigenvalue weighted by molar-refractivity contribution is -0.149. The third-order valence-electron chi connectivity index (χ3n) is 2.64. The second kappa shape index (κ2) is 4.92. The van der Waals surface area contributed by atoms with Gasteiger partial charge >= 0.3 is 5.97 Å². The smallest absolute Gasteiger partial charge is 0.347 e. The van der Waals surface area contributed by atoms with E-state index in [1.54, 1.807) is 0 Å². The standard InChI is InChI=1S/C12H12ClFO3/c1-16-12(15)11(7-2-3-7)17-8-4-5-9(13)10(14)6-8/h4-7,11H,2-3H2,1H3. The molecule has 0 amide bonds. The Morgan fingerprint density at radius 2 is 2.24 bits per heavy atom. The molecular formula is C12H12ClFO3. The van der Waals surface area contributed by atoms with Gasteiger partial charge in [-0.15, -0.1) is 0 Å². The number of benzene rings is 1. The first-order valence-electron chi connectivity index (χ1n) is 5.31. The van der Waals surface area contributed by atoms with Crippen LogP contribution in [0.25, 0.3) is 0 Å². The molecule has 1 fully saturated rings. The van der Waals surface area contributed by atoms with Crippen LogP contribution in [-0.4, -0.2) is 19.2 Å². The molecule has 1 aliphatic carbocycles. The van der Waals surface area contributed by atoms with E-state index in [4.69, 9.17) is 16.3 Å². The molecule has 1 atom stereocenters. The Kier molecular flexibility index (Phi) is 3.52. The van der Waals surface area contributed by atoms with Gasteiger partial charge in [-0.2, -0.15) is 0 Å². The summed E-state index contributed by atoms with van der Waals surface area (Å²) in [4.78, 5) is 11.5. The fourth-order valence-corrected chi connectivity index (χ4v) is 1.67. The van der Waals surface area contributed by atoms with Crippen molar-refractivity contribution in [1.82, 2.24) is 0 Å². The zero-order valence-corrected chi connectivity index (χ0v) is 10.0. The molecular weight excluding hydrogens is 247 g/mol. The van der Waals surface area contributed by atoms with Crippen LogP contribution in [0.4, 0.5) is 4.39 Å². The van der Waals surface area contributed by atoms with Crippen LogP contribution in [-0.2, 0) is 9.53 Å². The Morgan fingerprint density at radius 1 is 1.53 bits per heavy atom. The van der Waals surface area contributed by atoms with Crippen LogP contribution < -0.4 is 4.74 Å². The second-order valence-electron chi connectivity index (χ2n) is 3.97. The van der Waals surface area contributed by atoms with Crippen LogP contribution in [0.3, 0.4) is 0 Å². The fourth-order valence-electron chi connectivity index (χ4n) is 1.55. The molecule has 5 heteroatoms. The molecule has 0 aliphatic heterocycles. The van der Waals surface area contributed by atoms with E-state index in [-0.39, 0.29) is 16.7 Å². The minimum Gasteiger partial charge on any atom is -0.478 e. The first-order valence-corrected chi connectivity index (χ1v) is 5.69. The normalized spacial score (nSPS) is 16.4. The maximum absolute atomic E-state index is 13.2. The molecule has 1 aliphatic rings. The van der Waals surface area contributed by atoms with Crippen molar-refractivity contribution in [3.8, 4) is 5.75 Å². The fraction of sp³-hybridized carbons (Fsp3) is 0.417. The van der Waals surface area contributed by atoms with Gasteiger partial charge in [-0.05, 0) is 25.0 Å². The molecule has 1 unspecified atom stereocenters. The highest BCUT2D eigenvalue weighted by Gasteiger charge is 2.39. The van der Waals surface area contributed by atoms with Crippen molar-refractivity contribution in [2.45, 2.75) is 18.9 Å². The molecule has 92 valence electrons. The van der Waals surface area contributed by atoms with Crippen molar-refractivity contribution in [3.63, 3.8) is 0 Å². The Hall–Kier alpha value is -1.29. The number of carbonyl (C=O) groups is 1. The summed E-state index contributed by atoms with van der Waals surface area (Å²) in [5.41, 5.74) is 0. The molecule has 2 rings (SSSR count). The van der Waals surface area contributed by atoms with Gasteiger partial charge in [0, 0.05) is 12.0 Å². The highest BCUT2D eigenvalue weighted by molar-refractivity contribution is 6.30. The number of methoxy groups -OCH3 is 1. The molecule has 0 saturated heterocycles. The van der Waals surface area contributed by atoms with E-state index in [2.05, 4.69) is 4.74 Å². The SMILES string of the molecule is COC(=O)C(Oc1ccc(Cl)c(F)c1)C1CC1. The zero-order chi connectivity index (χ0) is 12.4. The quantitative estimate of drug-likeness (QED) is 0.779. The predicted molar refractivity (Wildman–Crippen MR) is 60.6 cm³/mol. The summed E-state index contributed by atoms with van der Waals surface area (Å²) in [6.45, 7) is 0. The largest absolute Gasteiger partial charge is 0.478 e. The maximum atomic E-state index is 13.2. The number of ether oxygens (including phenoxy) is 2. The third kappa shape index (κ3) is 2.88. The van der Waals surface area contributed by atoms with Crippen molar-refractivity contribution >= 4 is 17.6 Å². The molecule has 3 nitrogen and oxygen atoms in total. The summed E-state index contributed by atoms with van der Waals surface area (Å²) in [7, 11) is 1.31. The molecule has 1 saturated carbocycles. The van der Waals surface area contributed by atoms with E-state index in [0.717, 1.165) is 12.8 Å². The lowest BCUT2D eigenvalue weighted by Gasteiger charge is -2.16. The van der Waals surface area contributed by atoms with E-state index in [9.17, 15) is 9.18 Å². The Labute approximate surface area is 103 Å². The summed E-state index contributed by atoms with van der Waals surface area (Å²) in [6.07, 6.45) is 1.20. The van der Waals surface area contributed by atoms with Crippen LogP contribution in [0.1, 0.15) is 12.8 Å². The maximum Gasteiger partial charge on any atom is 0.347 e. The second-order valence-corrected chi connectivity index (χ2v) is 4.38. The van der Waals surface area contributed by atoms with Gasteiger partial charge in [-0.25, -0.2) is 9.18 Å². The molecule has 0 radical (unpaired) electrons. The Balaban J connectivity index is 2.11. The summed E-state index contributed by atoms with van der Waals surface area (Å²) in [5.74, 6) is -0.540. The van der Waals surface area contributed by atoms with Gasteiger partial charge in [0.15, 0.2) is 6.10 Å². The lowest BCUT2D eigenvalue weighted by Crippen LogP contribution is -2.30. The van der Waals surface area contributed by atoms with Crippen LogP contribution in [0.5, 0.6) is 5.75 Å². The minimum atomic E-state index is -0.652. The third-order valence-corrected chi connectivity index (χ3v) is 2.94. The number of hydrogen-bond acceptors (Lipinski definition) is 3. The molecule has 1 aromatic carbocycles. The van der Waals surface area contributed by atoms with E-state index in [1.165, 1.54) is 25.3 Å². The van der Waals surface area contributed by atoms with Crippen molar-refractivity contribution < 1.29 is 18.7 Å². The van der Waals surface area contributed by atoms with Crippen LogP contribution in [0, 0.1) is 11.7 Å². The van der Waals surface area contributed by atoms with E-state index < -0.39 is 17.9 Å². The van der Waals surface area contributed by atoms with Crippen molar-refractivity contribution in [2.75, 3.05) is 7.11 Å². The monoisotopic (exact) mass is 258 g/mol. The minimum absolute atomic E-state index is 0.0263. The van der Waals surface area contributed by atoms with Gasteiger partial charge in [0.1, 0.15) is 11.6 Å². The van der Waals surface area contributed by atoms with Gasteiger partial charge in [0.05, 0.1) is 12.1 Å². The van der Waals surface area contributed by atoms with Gasteiger partial charge in [-0.1, -0.05) is 11.6 Å². The zero-order valence-electron chi connectivity index (χ0n) is 9.28. The highest BCUT2D eigenvalue weighted by Crippen LogP contribution is 2.35. The number of rotatable bonds is 4. The van der Waals surface area contributed by atoms with Crippen LogP contribution in [0.15, 0.2) is 18.2 Å². The first kappa shape index (κ1) is 12.2. The van der Waals surface area contributed by atoms with Crippen LogP contribution in [0.2, 0.25) is 5.02 Å². The van der Waals surface area contributed by atoms with E-state index >= 15 is 0 Å². The summed E-state index contributed by atoms with van der Waals surface area (Å²) >= 11 is 5.56. The van der Waals surface area contributed by atoms with Gasteiger partial charge in [0.2, 0.25) is 0 Å². The molecule has 0 N–H and O–H groups in total. The summed E-state index contributed by atoms with van der Waals surface area (Å²) < 4.78 is 23.3. The number of halogens is 2. The average molecular weight is 259 g/mol. The molecule has 0 bridgehead atoms. The lowest BCUT2D eigenvalue weighted by atomic mass is 10.2. The van der Waals surface area contributed by atoms with Gasteiger partial charge in [0.25, 0.3) is 0 Å². The topological polar surface area (TPSA) is 35.5 Å². The average Bonchev–Trinajstić information content (AvgIpc) is 3.13. The highest BCUT2D eigenvalue weighted by atomic mass is 35.5. The Bertz CT molecular complexity index is 432. The molecule has 0 heterocycles. The summed E-state index contributed by atoms with van der Waals surface area (Å²) in [6, 6.07) is 4.10. The van der Waals surface area contributed by atoms with Gasteiger partial charge < -0.3 is 9.47 Å². The molecule has 17 heavy (non-hydrogen) atoms. The Morgan fingerprint density at radius 3 is 2.76 bits per heavy atom. The van der Waals surface area contributed by atoms with Crippen molar-refractivity contribution in [2.24, 2.45) is 5.92 Å². The molecule has 0 aromatic heterocycles. The first-order chi connectivity index (χ1) is 8.11. The van der Waals surface area contributed by atoms with Crippen molar-refractivity contribution in [1.29, 1.82) is 0 Å². The van der Waals surface area contributed by atoms with E-state index in [0.29, 0.717) is 0 Å². The van der Waals surface area contributed by atoms with E-state index in [1.807, 2.05) is 0 Å². The molecule has 0 spiro atoms. The van der Waals surface area contributed by atoms with Gasteiger partial charge in [-0.3, -0.25) is 0 Å². The number of esters is 1. The van der Waals surface area contributed by atoms with Crippen molar-refractivity contribution in [3.05, 3.63) is 29.0 Å². The number of hydrogen-bond donors (Lipinski definition) is 0. The summed E-state index contributed by atoms with van der Waals surface area (Å²) in [5, 5.41) is 0.0263. The predicted octanol–water partition coefficient (Wildman–Crippen LogP) is 2.81.